The second-order valence-corrected chi connectivity index (χ2v) is 7.83. The molecule has 0 spiro atoms. The van der Waals surface area contributed by atoms with Gasteiger partial charge in [-0.1, -0.05) is 0 Å². The molecule has 1 heterocycles. The van der Waals surface area contributed by atoms with Gasteiger partial charge in [0.2, 0.25) is 0 Å². The van der Waals surface area contributed by atoms with E-state index in [4.69, 9.17) is 4.74 Å². The summed E-state index contributed by atoms with van der Waals surface area (Å²) in [6, 6.07) is 5.64. The first kappa shape index (κ1) is 16.7. The van der Waals surface area contributed by atoms with E-state index in [0.717, 1.165) is 24.2 Å². The minimum atomic E-state index is 0.381. The van der Waals surface area contributed by atoms with Crippen LogP contribution in [0.1, 0.15) is 37.8 Å². The number of ether oxygens (including phenoxy) is 1. The van der Waals surface area contributed by atoms with Gasteiger partial charge in [-0.25, -0.2) is 0 Å². The second-order valence-electron chi connectivity index (χ2n) is 5.92. The van der Waals surface area contributed by atoms with Crippen molar-refractivity contribution in [2.24, 2.45) is 0 Å². The van der Waals surface area contributed by atoms with Crippen LogP contribution >= 0.6 is 38.5 Å². The number of nitrogens with zero attached hydrogens (tertiary/aromatic N) is 2. The van der Waals surface area contributed by atoms with Crippen LogP contribution in [-0.4, -0.2) is 29.5 Å². The molecule has 1 fully saturated rings. The highest BCUT2D eigenvalue weighted by atomic mass is 127. The van der Waals surface area contributed by atoms with Gasteiger partial charge >= 0.3 is 0 Å². The molecule has 0 radical (unpaired) electrons. The Morgan fingerprint density at radius 1 is 1.50 bits per heavy atom. The highest BCUT2D eigenvalue weighted by molar-refractivity contribution is 14.1. The van der Waals surface area contributed by atoms with Crippen molar-refractivity contribution in [1.29, 1.82) is 0 Å². The Morgan fingerprint density at radius 2 is 2.27 bits per heavy atom. The van der Waals surface area contributed by atoms with E-state index >= 15 is 0 Å². The number of fused-ring (bicyclic) bond motifs is 1. The van der Waals surface area contributed by atoms with Crippen molar-refractivity contribution in [2.75, 3.05) is 13.7 Å². The second kappa shape index (κ2) is 7.15. The Labute approximate surface area is 153 Å². The summed E-state index contributed by atoms with van der Waals surface area (Å²) in [5.41, 5.74) is 2.54. The smallest absolute Gasteiger partial charge is 0.137 e. The molecule has 1 saturated carbocycles. The van der Waals surface area contributed by atoms with E-state index in [1.807, 2.05) is 0 Å². The van der Waals surface area contributed by atoms with Crippen LogP contribution in [0.15, 0.2) is 16.7 Å². The molecule has 1 aliphatic carbocycles. The Bertz CT molecular complexity index is 669. The fourth-order valence-corrected chi connectivity index (χ4v) is 4.58. The molecule has 0 unspecified atom stereocenters. The van der Waals surface area contributed by atoms with E-state index < -0.39 is 0 Å². The average Bonchev–Trinajstić information content (AvgIpc) is 3.23. The monoisotopic (exact) mass is 477 g/mol. The van der Waals surface area contributed by atoms with Crippen LogP contribution in [0.2, 0.25) is 0 Å². The van der Waals surface area contributed by atoms with Gasteiger partial charge in [0.1, 0.15) is 4.60 Å². The molecule has 120 valence electrons. The molecule has 1 N–H and O–H groups in total. The van der Waals surface area contributed by atoms with Crippen molar-refractivity contribution in [2.45, 2.75) is 44.8 Å². The summed E-state index contributed by atoms with van der Waals surface area (Å²) < 4.78 is 9.42. The number of nitrogens with one attached hydrogen (secondary N) is 1. The number of halogens is 2. The molecule has 22 heavy (non-hydrogen) atoms. The number of methoxy groups -OCH3 is 1. The summed E-state index contributed by atoms with van der Waals surface area (Å²) in [5, 5.41) is 9.53. The topological polar surface area (TPSA) is 39.1 Å². The first-order valence-corrected chi connectivity index (χ1v) is 9.57. The summed E-state index contributed by atoms with van der Waals surface area (Å²) >= 11 is 6.02. The lowest BCUT2D eigenvalue weighted by Crippen LogP contribution is -2.20. The zero-order valence-corrected chi connectivity index (χ0v) is 16.6. The average molecular weight is 478 g/mol. The number of hydrogen-bond donors (Lipinski definition) is 1. The van der Waals surface area contributed by atoms with Crippen LogP contribution in [0, 0.1) is 3.57 Å². The highest BCUT2D eigenvalue weighted by Crippen LogP contribution is 2.32. The normalized spacial score (nSPS) is 16.4. The Hall–Kier alpha value is -0.180. The van der Waals surface area contributed by atoms with Gasteiger partial charge < -0.3 is 10.1 Å². The van der Waals surface area contributed by atoms with E-state index in [2.05, 4.69) is 72.7 Å². The molecule has 0 aliphatic heterocycles. The summed E-state index contributed by atoms with van der Waals surface area (Å²) in [7, 11) is 1.74. The van der Waals surface area contributed by atoms with Crippen molar-refractivity contribution in [3.05, 3.63) is 25.9 Å². The van der Waals surface area contributed by atoms with Crippen LogP contribution in [0.3, 0.4) is 0 Å². The van der Waals surface area contributed by atoms with Crippen LogP contribution in [0.4, 0.5) is 0 Å². The maximum Gasteiger partial charge on any atom is 0.137 e. The number of aryl methyl sites for hydroxylation is 1. The minimum absolute atomic E-state index is 0.381. The van der Waals surface area contributed by atoms with Crippen LogP contribution in [-0.2, 0) is 11.3 Å². The quantitative estimate of drug-likeness (QED) is 0.478. The van der Waals surface area contributed by atoms with Gasteiger partial charge in [-0.2, -0.15) is 5.10 Å². The maximum absolute atomic E-state index is 5.15. The highest BCUT2D eigenvalue weighted by Gasteiger charge is 2.24. The van der Waals surface area contributed by atoms with Gasteiger partial charge in [0.25, 0.3) is 0 Å². The molecule has 1 aromatic carbocycles. The molecule has 1 aliphatic rings. The lowest BCUT2D eigenvalue weighted by Gasteiger charge is -2.15. The van der Waals surface area contributed by atoms with E-state index in [-0.39, 0.29) is 0 Å². The van der Waals surface area contributed by atoms with Gasteiger partial charge in [-0.3, -0.25) is 4.68 Å². The summed E-state index contributed by atoms with van der Waals surface area (Å²) in [6.45, 7) is 3.88. The molecule has 6 heteroatoms. The molecule has 2 aromatic rings. The summed E-state index contributed by atoms with van der Waals surface area (Å²) in [5.74, 6) is 0. The molecular formula is C16H21BrIN3O. The standard InChI is InChI=1S/C16H21BrIN3O/c1-10(19-12-4-5-12)11-8-13(18)15-14(9-11)21(20-16(15)17)6-3-7-22-2/h8-10,12,19H,3-7H2,1-2H3/t10-/m0/s1. The fraction of sp³-hybridized carbons (Fsp3) is 0.562. The zero-order valence-electron chi connectivity index (χ0n) is 12.9. The van der Waals surface area contributed by atoms with Crippen LogP contribution in [0.5, 0.6) is 0 Å². The van der Waals surface area contributed by atoms with E-state index in [1.54, 1.807) is 7.11 Å². The molecular weight excluding hydrogens is 457 g/mol. The molecule has 1 aromatic heterocycles. The Balaban J connectivity index is 1.92. The fourth-order valence-electron chi connectivity index (χ4n) is 2.71. The summed E-state index contributed by atoms with van der Waals surface area (Å²) in [6.07, 6.45) is 3.59. The van der Waals surface area contributed by atoms with E-state index in [1.165, 1.54) is 32.9 Å². The van der Waals surface area contributed by atoms with Crippen molar-refractivity contribution in [1.82, 2.24) is 15.1 Å². The third-order valence-electron chi connectivity index (χ3n) is 4.07. The number of hydrogen-bond acceptors (Lipinski definition) is 3. The van der Waals surface area contributed by atoms with Gasteiger partial charge in [-0.15, -0.1) is 0 Å². The molecule has 0 saturated heterocycles. The third kappa shape index (κ3) is 3.66. The molecule has 4 nitrogen and oxygen atoms in total. The SMILES string of the molecule is COCCCn1nc(Br)c2c(I)cc([C@H](C)NC3CC3)cc21. The lowest BCUT2D eigenvalue weighted by molar-refractivity contribution is 0.189. The van der Waals surface area contributed by atoms with Gasteiger partial charge in [0.05, 0.1) is 5.52 Å². The first-order chi connectivity index (χ1) is 10.6. The molecule has 3 rings (SSSR count). The third-order valence-corrected chi connectivity index (χ3v) is 5.47. The van der Waals surface area contributed by atoms with Crippen molar-refractivity contribution < 1.29 is 4.74 Å². The molecule has 0 amide bonds. The Morgan fingerprint density at radius 3 is 2.95 bits per heavy atom. The largest absolute Gasteiger partial charge is 0.385 e. The maximum atomic E-state index is 5.15. The van der Waals surface area contributed by atoms with E-state index in [9.17, 15) is 0 Å². The first-order valence-electron chi connectivity index (χ1n) is 7.70. The van der Waals surface area contributed by atoms with Gasteiger partial charge in [-0.05, 0) is 82.4 Å². The van der Waals surface area contributed by atoms with E-state index in [0.29, 0.717) is 12.1 Å². The van der Waals surface area contributed by atoms with Crippen molar-refractivity contribution >= 4 is 49.4 Å². The van der Waals surface area contributed by atoms with Gasteiger partial charge in [0.15, 0.2) is 0 Å². The number of rotatable bonds is 7. The predicted octanol–water partition coefficient (Wildman–Crippen LogP) is 4.25. The Kier molecular flexibility index (Phi) is 5.42. The predicted molar refractivity (Wildman–Crippen MR) is 101 cm³/mol. The lowest BCUT2D eigenvalue weighted by atomic mass is 10.1. The molecule has 0 bridgehead atoms. The minimum Gasteiger partial charge on any atom is -0.385 e. The summed E-state index contributed by atoms with van der Waals surface area (Å²) in [4.78, 5) is 0. The molecule has 1 atom stereocenters. The number of benzene rings is 1. The van der Waals surface area contributed by atoms with Crippen LogP contribution < -0.4 is 5.32 Å². The van der Waals surface area contributed by atoms with Crippen molar-refractivity contribution in [3.63, 3.8) is 0 Å². The number of aromatic nitrogens is 2. The van der Waals surface area contributed by atoms with Gasteiger partial charge in [0, 0.05) is 41.3 Å². The zero-order chi connectivity index (χ0) is 15.7. The van der Waals surface area contributed by atoms with Crippen LogP contribution in [0.25, 0.3) is 10.9 Å². The van der Waals surface area contributed by atoms with Crippen molar-refractivity contribution in [3.8, 4) is 0 Å².